The first-order valence-corrected chi connectivity index (χ1v) is 10.0. The molecular formula is C14H24ClN3O3S2. The van der Waals surface area contributed by atoms with Crippen molar-refractivity contribution in [2.24, 2.45) is 5.73 Å². The number of hydrogen-bond donors (Lipinski definition) is 3. The molecule has 0 aromatic heterocycles. The van der Waals surface area contributed by atoms with Gasteiger partial charge in [-0.25, -0.2) is 13.1 Å². The van der Waals surface area contributed by atoms with Crippen LogP contribution in [0.15, 0.2) is 30.3 Å². The summed E-state index contributed by atoms with van der Waals surface area (Å²) in [7, 11) is -3.43. The lowest BCUT2D eigenvalue weighted by atomic mass is 10.2. The molecule has 1 aromatic carbocycles. The summed E-state index contributed by atoms with van der Waals surface area (Å²) in [5.41, 5.74) is 6.58. The van der Waals surface area contributed by atoms with E-state index in [0.29, 0.717) is 6.42 Å². The number of sulfonamides is 1. The minimum Gasteiger partial charge on any atom is -0.354 e. The van der Waals surface area contributed by atoms with Crippen molar-refractivity contribution in [3.8, 4) is 0 Å². The Morgan fingerprint density at radius 2 is 1.96 bits per heavy atom. The molecule has 0 unspecified atom stereocenters. The van der Waals surface area contributed by atoms with Gasteiger partial charge in [0.2, 0.25) is 15.9 Å². The molecule has 0 heterocycles. The number of halogens is 1. The van der Waals surface area contributed by atoms with Crippen LogP contribution in [0.25, 0.3) is 0 Å². The van der Waals surface area contributed by atoms with E-state index in [4.69, 9.17) is 5.73 Å². The van der Waals surface area contributed by atoms with Crippen LogP contribution < -0.4 is 15.8 Å². The second kappa shape index (κ2) is 11.7. The van der Waals surface area contributed by atoms with Crippen molar-refractivity contribution < 1.29 is 13.2 Å². The highest BCUT2D eigenvalue weighted by Gasteiger charge is 2.14. The summed E-state index contributed by atoms with van der Waals surface area (Å²) in [5, 5.41) is 2.55. The standard InChI is InChI=1S/C14H23N3O3S2.ClH/c1-21-9-7-13(15)14(18)16-8-10-22(19,20)17-11-12-5-3-2-4-6-12;/h2-6,13,17H,7-11,15H2,1H3,(H,16,18);1H/t13-;/m0./s1. The molecule has 4 N–H and O–H groups in total. The average molecular weight is 382 g/mol. The van der Waals surface area contributed by atoms with Crippen molar-refractivity contribution in [3.63, 3.8) is 0 Å². The molecule has 132 valence electrons. The van der Waals surface area contributed by atoms with Gasteiger partial charge >= 0.3 is 0 Å². The molecule has 0 radical (unpaired) electrons. The van der Waals surface area contributed by atoms with Gasteiger partial charge in [0.15, 0.2) is 0 Å². The smallest absolute Gasteiger partial charge is 0.236 e. The van der Waals surface area contributed by atoms with Crippen LogP contribution in [-0.2, 0) is 21.4 Å². The fourth-order valence-corrected chi connectivity index (χ4v) is 3.07. The molecule has 0 saturated heterocycles. The Kier molecular flexibility index (Phi) is 11.3. The summed E-state index contributed by atoms with van der Waals surface area (Å²) in [6.07, 6.45) is 2.52. The maximum absolute atomic E-state index is 11.8. The van der Waals surface area contributed by atoms with Crippen LogP contribution in [0.3, 0.4) is 0 Å². The number of nitrogens with two attached hydrogens (primary N) is 1. The third kappa shape index (κ3) is 9.83. The van der Waals surface area contributed by atoms with Gasteiger partial charge in [-0.15, -0.1) is 12.4 Å². The van der Waals surface area contributed by atoms with Crippen molar-refractivity contribution in [3.05, 3.63) is 35.9 Å². The highest BCUT2D eigenvalue weighted by Crippen LogP contribution is 2.00. The Balaban J connectivity index is 0.00000484. The number of amides is 1. The molecule has 0 spiro atoms. The fraction of sp³-hybridized carbons (Fsp3) is 0.500. The molecule has 6 nitrogen and oxygen atoms in total. The van der Waals surface area contributed by atoms with Crippen LogP contribution in [0.5, 0.6) is 0 Å². The van der Waals surface area contributed by atoms with E-state index >= 15 is 0 Å². The number of carbonyl (C=O) groups excluding carboxylic acids is 1. The highest BCUT2D eigenvalue weighted by molar-refractivity contribution is 7.98. The van der Waals surface area contributed by atoms with Crippen LogP contribution in [0.2, 0.25) is 0 Å². The molecular weight excluding hydrogens is 358 g/mol. The van der Waals surface area contributed by atoms with Crippen molar-refractivity contribution in [2.75, 3.05) is 24.3 Å². The van der Waals surface area contributed by atoms with Crippen molar-refractivity contribution >= 4 is 40.1 Å². The lowest BCUT2D eigenvalue weighted by Gasteiger charge is -2.12. The highest BCUT2D eigenvalue weighted by atomic mass is 35.5. The van der Waals surface area contributed by atoms with Crippen LogP contribution in [0.4, 0.5) is 0 Å². The Hall–Kier alpha value is -0.800. The number of rotatable bonds is 10. The van der Waals surface area contributed by atoms with Crippen molar-refractivity contribution in [1.29, 1.82) is 0 Å². The third-order valence-corrected chi connectivity index (χ3v) is 4.95. The van der Waals surface area contributed by atoms with E-state index in [2.05, 4.69) is 10.0 Å². The molecule has 1 atom stereocenters. The van der Waals surface area contributed by atoms with Gasteiger partial charge in [0.05, 0.1) is 11.8 Å². The van der Waals surface area contributed by atoms with Crippen LogP contribution in [0.1, 0.15) is 12.0 Å². The summed E-state index contributed by atoms with van der Waals surface area (Å²) in [6, 6.07) is 8.66. The second-order valence-corrected chi connectivity index (χ2v) is 7.72. The molecule has 0 aliphatic rings. The van der Waals surface area contributed by atoms with Gasteiger partial charge in [-0.05, 0) is 24.0 Å². The van der Waals surface area contributed by atoms with Gasteiger partial charge in [0.1, 0.15) is 0 Å². The lowest BCUT2D eigenvalue weighted by molar-refractivity contribution is -0.122. The molecule has 1 amide bonds. The van der Waals surface area contributed by atoms with Crippen LogP contribution in [-0.4, -0.2) is 44.7 Å². The zero-order valence-electron chi connectivity index (χ0n) is 13.0. The molecule has 0 fully saturated rings. The Bertz CT molecular complexity index is 556. The molecule has 0 bridgehead atoms. The zero-order valence-corrected chi connectivity index (χ0v) is 15.5. The molecule has 0 aliphatic carbocycles. The predicted molar refractivity (Wildman–Crippen MR) is 98.3 cm³/mol. The second-order valence-electron chi connectivity index (χ2n) is 4.80. The largest absolute Gasteiger partial charge is 0.354 e. The van der Waals surface area contributed by atoms with E-state index < -0.39 is 16.1 Å². The Morgan fingerprint density at radius 1 is 1.30 bits per heavy atom. The Labute approximate surface area is 148 Å². The van der Waals surface area contributed by atoms with Crippen molar-refractivity contribution in [1.82, 2.24) is 10.0 Å². The molecule has 1 rings (SSSR count). The maximum atomic E-state index is 11.8. The minimum absolute atomic E-state index is 0. The summed E-state index contributed by atoms with van der Waals surface area (Å²) in [6.45, 7) is 0.292. The van der Waals surface area contributed by atoms with Gasteiger partial charge in [-0.2, -0.15) is 11.8 Å². The molecule has 9 heteroatoms. The predicted octanol–water partition coefficient (Wildman–Crippen LogP) is 0.724. The maximum Gasteiger partial charge on any atom is 0.236 e. The normalized spacial score (nSPS) is 12.3. The van der Waals surface area contributed by atoms with E-state index in [1.807, 2.05) is 36.6 Å². The van der Waals surface area contributed by atoms with Gasteiger partial charge in [-0.3, -0.25) is 4.79 Å². The summed E-state index contributed by atoms with van der Waals surface area (Å²) in [4.78, 5) is 11.7. The zero-order chi connectivity index (χ0) is 16.4. The number of carbonyl (C=O) groups is 1. The quantitative estimate of drug-likeness (QED) is 0.554. The van der Waals surface area contributed by atoms with Gasteiger partial charge in [0, 0.05) is 13.1 Å². The van der Waals surface area contributed by atoms with Crippen molar-refractivity contribution in [2.45, 2.75) is 19.0 Å². The van der Waals surface area contributed by atoms with E-state index in [0.717, 1.165) is 11.3 Å². The topological polar surface area (TPSA) is 101 Å². The monoisotopic (exact) mass is 381 g/mol. The van der Waals surface area contributed by atoms with E-state index in [1.165, 1.54) is 0 Å². The SMILES string of the molecule is CSCC[C@H](N)C(=O)NCCS(=O)(=O)NCc1ccccc1.Cl. The average Bonchev–Trinajstić information content (AvgIpc) is 2.51. The first kappa shape index (κ1) is 22.2. The first-order valence-electron chi connectivity index (χ1n) is 6.98. The van der Waals surface area contributed by atoms with E-state index in [-0.39, 0.29) is 37.2 Å². The van der Waals surface area contributed by atoms with Crippen LogP contribution >= 0.6 is 24.2 Å². The Morgan fingerprint density at radius 3 is 2.57 bits per heavy atom. The van der Waals surface area contributed by atoms with E-state index in [1.54, 1.807) is 11.8 Å². The number of hydrogen-bond acceptors (Lipinski definition) is 5. The van der Waals surface area contributed by atoms with E-state index in [9.17, 15) is 13.2 Å². The number of nitrogens with one attached hydrogen (secondary N) is 2. The van der Waals surface area contributed by atoms with Gasteiger partial charge in [0.25, 0.3) is 0 Å². The summed E-state index contributed by atoms with van der Waals surface area (Å²) >= 11 is 1.61. The molecule has 1 aromatic rings. The number of benzene rings is 1. The third-order valence-electron chi connectivity index (χ3n) is 2.98. The minimum atomic E-state index is -3.43. The molecule has 0 aliphatic heterocycles. The lowest BCUT2D eigenvalue weighted by Crippen LogP contribution is -2.43. The summed E-state index contributed by atoms with van der Waals surface area (Å²) in [5.74, 6) is 0.319. The first-order chi connectivity index (χ1) is 10.4. The molecule has 0 saturated carbocycles. The van der Waals surface area contributed by atoms with Gasteiger partial charge in [-0.1, -0.05) is 30.3 Å². The van der Waals surface area contributed by atoms with Gasteiger partial charge < -0.3 is 11.1 Å². The van der Waals surface area contributed by atoms with Crippen LogP contribution in [0, 0.1) is 0 Å². The molecule has 23 heavy (non-hydrogen) atoms. The fourth-order valence-electron chi connectivity index (χ4n) is 1.68. The summed E-state index contributed by atoms with van der Waals surface area (Å²) < 4.78 is 26.2. The number of thioether (sulfide) groups is 1.